The molecule has 0 bridgehead atoms. The Morgan fingerprint density at radius 3 is 3.00 bits per heavy atom. The molecule has 0 atom stereocenters. The molecule has 16 heavy (non-hydrogen) atoms. The second-order valence-electron chi connectivity index (χ2n) is 3.63. The van der Waals surface area contributed by atoms with Crippen molar-refractivity contribution in [2.24, 2.45) is 4.99 Å². The topological polar surface area (TPSA) is 49.3 Å². The molecule has 0 saturated heterocycles. The van der Waals surface area contributed by atoms with E-state index in [1.165, 1.54) is 0 Å². The SMILES string of the molecule is Cc1cccc(CNC2=NCCCN2)n1.I. The Morgan fingerprint density at radius 2 is 2.31 bits per heavy atom. The fourth-order valence-corrected chi connectivity index (χ4v) is 1.52. The molecular weight excluding hydrogens is 315 g/mol. The molecule has 2 rings (SSSR count). The summed E-state index contributed by atoms with van der Waals surface area (Å²) in [6, 6.07) is 6.04. The highest BCUT2D eigenvalue weighted by molar-refractivity contribution is 14.0. The number of pyridine rings is 1. The first kappa shape index (κ1) is 13.2. The van der Waals surface area contributed by atoms with E-state index in [-0.39, 0.29) is 24.0 Å². The average Bonchev–Trinajstić information content (AvgIpc) is 2.28. The van der Waals surface area contributed by atoms with Gasteiger partial charge in [-0.1, -0.05) is 6.07 Å². The fraction of sp³-hybridized carbons (Fsp3) is 0.455. The summed E-state index contributed by atoms with van der Waals surface area (Å²) in [4.78, 5) is 8.75. The minimum atomic E-state index is 0. The van der Waals surface area contributed by atoms with Gasteiger partial charge in [-0.2, -0.15) is 0 Å². The molecule has 1 aliphatic heterocycles. The number of nitrogens with zero attached hydrogens (tertiary/aromatic N) is 2. The van der Waals surface area contributed by atoms with Gasteiger partial charge in [0.1, 0.15) is 0 Å². The number of rotatable bonds is 2. The van der Waals surface area contributed by atoms with Gasteiger partial charge >= 0.3 is 0 Å². The van der Waals surface area contributed by atoms with Gasteiger partial charge in [0.2, 0.25) is 0 Å². The molecule has 1 aromatic heterocycles. The highest BCUT2D eigenvalue weighted by Crippen LogP contribution is 1.97. The van der Waals surface area contributed by atoms with Crippen LogP contribution in [-0.4, -0.2) is 24.0 Å². The van der Waals surface area contributed by atoms with E-state index < -0.39 is 0 Å². The number of aliphatic imine (C=N–C) groups is 1. The average molecular weight is 332 g/mol. The van der Waals surface area contributed by atoms with Crippen LogP contribution in [0.3, 0.4) is 0 Å². The normalized spacial score (nSPS) is 14.4. The maximum Gasteiger partial charge on any atom is 0.191 e. The molecule has 2 heterocycles. The van der Waals surface area contributed by atoms with Crippen LogP contribution in [0.5, 0.6) is 0 Å². The Kier molecular flexibility index (Phi) is 5.51. The Labute approximate surface area is 113 Å². The summed E-state index contributed by atoms with van der Waals surface area (Å²) in [7, 11) is 0. The molecule has 1 aliphatic rings. The summed E-state index contributed by atoms with van der Waals surface area (Å²) in [5, 5.41) is 6.46. The molecular formula is C11H17IN4. The summed E-state index contributed by atoms with van der Waals surface area (Å²) in [5.41, 5.74) is 2.10. The van der Waals surface area contributed by atoms with E-state index >= 15 is 0 Å². The molecule has 0 saturated carbocycles. The molecule has 0 aromatic carbocycles. The van der Waals surface area contributed by atoms with Gasteiger partial charge in [-0.25, -0.2) is 0 Å². The van der Waals surface area contributed by atoms with Crippen LogP contribution in [0.1, 0.15) is 17.8 Å². The highest BCUT2D eigenvalue weighted by Gasteiger charge is 2.03. The molecule has 0 aliphatic carbocycles. The van der Waals surface area contributed by atoms with Crippen LogP contribution in [0.15, 0.2) is 23.2 Å². The summed E-state index contributed by atoms with van der Waals surface area (Å²) in [6.45, 7) is 4.65. The van der Waals surface area contributed by atoms with Crippen molar-refractivity contribution in [3.63, 3.8) is 0 Å². The third-order valence-electron chi connectivity index (χ3n) is 2.28. The van der Waals surface area contributed by atoms with Crippen molar-refractivity contribution in [3.8, 4) is 0 Å². The largest absolute Gasteiger partial charge is 0.356 e. The summed E-state index contributed by atoms with van der Waals surface area (Å²) >= 11 is 0. The van der Waals surface area contributed by atoms with Crippen LogP contribution in [-0.2, 0) is 6.54 Å². The number of hydrogen-bond donors (Lipinski definition) is 2. The van der Waals surface area contributed by atoms with Gasteiger partial charge in [-0.05, 0) is 25.5 Å². The van der Waals surface area contributed by atoms with E-state index in [9.17, 15) is 0 Å². The minimum Gasteiger partial charge on any atom is -0.356 e. The summed E-state index contributed by atoms with van der Waals surface area (Å²) in [5.74, 6) is 0.893. The molecule has 1 aromatic rings. The third kappa shape index (κ3) is 3.96. The monoisotopic (exact) mass is 332 g/mol. The number of aromatic nitrogens is 1. The fourth-order valence-electron chi connectivity index (χ4n) is 1.52. The van der Waals surface area contributed by atoms with Crippen LogP contribution in [0, 0.1) is 6.92 Å². The Morgan fingerprint density at radius 1 is 1.44 bits per heavy atom. The van der Waals surface area contributed by atoms with E-state index in [1.54, 1.807) is 0 Å². The lowest BCUT2D eigenvalue weighted by Gasteiger charge is -2.15. The van der Waals surface area contributed by atoms with Gasteiger partial charge in [0.05, 0.1) is 12.2 Å². The number of guanidine groups is 1. The van der Waals surface area contributed by atoms with Crippen LogP contribution >= 0.6 is 24.0 Å². The van der Waals surface area contributed by atoms with Crippen LogP contribution < -0.4 is 10.6 Å². The first-order chi connectivity index (χ1) is 7.34. The molecule has 0 fully saturated rings. The lowest BCUT2D eigenvalue weighted by molar-refractivity contribution is 0.698. The van der Waals surface area contributed by atoms with Gasteiger partial charge in [-0.15, -0.1) is 24.0 Å². The number of hydrogen-bond acceptors (Lipinski definition) is 4. The van der Waals surface area contributed by atoms with Crippen LogP contribution in [0.2, 0.25) is 0 Å². The van der Waals surface area contributed by atoms with E-state index in [0.717, 1.165) is 43.4 Å². The van der Waals surface area contributed by atoms with Crippen molar-refractivity contribution < 1.29 is 0 Å². The highest BCUT2D eigenvalue weighted by atomic mass is 127. The van der Waals surface area contributed by atoms with Gasteiger partial charge in [0.25, 0.3) is 0 Å². The predicted molar refractivity (Wildman–Crippen MR) is 76.2 cm³/mol. The summed E-state index contributed by atoms with van der Waals surface area (Å²) < 4.78 is 0. The van der Waals surface area contributed by atoms with Crippen molar-refractivity contribution in [3.05, 3.63) is 29.6 Å². The predicted octanol–water partition coefficient (Wildman–Crippen LogP) is 1.45. The van der Waals surface area contributed by atoms with Crippen molar-refractivity contribution in [1.82, 2.24) is 15.6 Å². The Balaban J connectivity index is 0.00000128. The zero-order valence-electron chi connectivity index (χ0n) is 9.36. The lowest BCUT2D eigenvalue weighted by Crippen LogP contribution is -2.40. The second-order valence-corrected chi connectivity index (χ2v) is 3.63. The van der Waals surface area contributed by atoms with Gasteiger partial charge in [0, 0.05) is 18.8 Å². The van der Waals surface area contributed by atoms with Crippen LogP contribution in [0.25, 0.3) is 0 Å². The van der Waals surface area contributed by atoms with Crippen molar-refractivity contribution in [1.29, 1.82) is 0 Å². The maximum absolute atomic E-state index is 4.41. The van der Waals surface area contributed by atoms with Gasteiger partial charge in [0.15, 0.2) is 5.96 Å². The van der Waals surface area contributed by atoms with E-state index in [1.807, 2.05) is 25.1 Å². The quantitative estimate of drug-likeness (QED) is 0.806. The Bertz CT molecular complexity index is 365. The van der Waals surface area contributed by atoms with Gasteiger partial charge in [-0.3, -0.25) is 9.98 Å². The van der Waals surface area contributed by atoms with Gasteiger partial charge < -0.3 is 10.6 Å². The minimum absolute atomic E-state index is 0. The second kappa shape index (κ2) is 6.67. The zero-order valence-corrected chi connectivity index (χ0v) is 11.7. The van der Waals surface area contributed by atoms with E-state index in [2.05, 4.69) is 20.6 Å². The molecule has 5 heteroatoms. The summed E-state index contributed by atoms with van der Waals surface area (Å²) in [6.07, 6.45) is 1.12. The smallest absolute Gasteiger partial charge is 0.191 e. The third-order valence-corrected chi connectivity index (χ3v) is 2.28. The van der Waals surface area contributed by atoms with Crippen molar-refractivity contribution in [2.75, 3.05) is 13.1 Å². The maximum atomic E-state index is 4.41. The number of halogens is 1. The van der Waals surface area contributed by atoms with E-state index in [4.69, 9.17) is 0 Å². The van der Waals surface area contributed by atoms with Crippen molar-refractivity contribution >= 4 is 29.9 Å². The molecule has 0 unspecified atom stereocenters. The molecule has 0 radical (unpaired) electrons. The standard InChI is InChI=1S/C11H16N4.HI/c1-9-4-2-5-10(15-9)8-14-11-12-6-3-7-13-11;/h2,4-5H,3,6-8H2,1H3,(H2,12,13,14);1H. The number of aryl methyl sites for hydroxylation is 1. The molecule has 88 valence electrons. The number of nitrogens with one attached hydrogen (secondary N) is 2. The zero-order chi connectivity index (χ0) is 10.5. The molecule has 2 N–H and O–H groups in total. The molecule has 4 nitrogen and oxygen atoms in total. The van der Waals surface area contributed by atoms with Crippen molar-refractivity contribution in [2.45, 2.75) is 19.9 Å². The first-order valence-electron chi connectivity index (χ1n) is 5.29. The molecule has 0 amide bonds. The van der Waals surface area contributed by atoms with E-state index in [0.29, 0.717) is 0 Å². The van der Waals surface area contributed by atoms with Crippen LogP contribution in [0.4, 0.5) is 0 Å². The Hall–Kier alpha value is -0.850. The molecule has 0 spiro atoms. The lowest BCUT2D eigenvalue weighted by atomic mass is 10.3. The first-order valence-corrected chi connectivity index (χ1v) is 5.29.